The first kappa shape index (κ1) is 15.4. The lowest BCUT2D eigenvalue weighted by Crippen LogP contribution is -2.28. The normalized spacial score (nSPS) is 25.3. The summed E-state index contributed by atoms with van der Waals surface area (Å²) in [7, 11) is 0. The van der Waals surface area contributed by atoms with E-state index < -0.39 is 21.8 Å². The number of rotatable bonds is 4. The van der Waals surface area contributed by atoms with Crippen LogP contribution in [0.4, 0.5) is 10.1 Å². The molecule has 0 N–H and O–H groups in total. The SMILES string of the molecule is CCC1CCC(C#N)(Cc2cccc([N+](=O)[O-])c2F)CC1. The van der Waals surface area contributed by atoms with Crippen LogP contribution in [0.25, 0.3) is 0 Å². The average molecular weight is 290 g/mol. The van der Waals surface area contributed by atoms with Gasteiger partial charge in [-0.15, -0.1) is 0 Å². The predicted molar refractivity (Wildman–Crippen MR) is 77.1 cm³/mol. The highest BCUT2D eigenvalue weighted by atomic mass is 19.1. The smallest absolute Gasteiger partial charge is 0.258 e. The third-order valence-electron chi connectivity index (χ3n) is 4.66. The van der Waals surface area contributed by atoms with E-state index in [1.807, 2.05) is 0 Å². The first-order chi connectivity index (χ1) is 10.0. The van der Waals surface area contributed by atoms with Gasteiger partial charge in [-0.2, -0.15) is 9.65 Å². The van der Waals surface area contributed by atoms with Crippen molar-refractivity contribution >= 4 is 5.69 Å². The zero-order valence-corrected chi connectivity index (χ0v) is 12.1. The summed E-state index contributed by atoms with van der Waals surface area (Å²) < 4.78 is 14.2. The van der Waals surface area contributed by atoms with Crippen LogP contribution < -0.4 is 0 Å². The van der Waals surface area contributed by atoms with E-state index in [1.54, 1.807) is 6.07 Å². The van der Waals surface area contributed by atoms with Gasteiger partial charge in [0, 0.05) is 6.07 Å². The van der Waals surface area contributed by atoms with Gasteiger partial charge in [0.2, 0.25) is 5.82 Å². The van der Waals surface area contributed by atoms with Gasteiger partial charge in [0.15, 0.2) is 0 Å². The minimum absolute atomic E-state index is 0.257. The van der Waals surface area contributed by atoms with Gasteiger partial charge in [0.05, 0.1) is 16.4 Å². The van der Waals surface area contributed by atoms with E-state index in [0.717, 1.165) is 38.2 Å². The zero-order valence-electron chi connectivity index (χ0n) is 12.1. The summed E-state index contributed by atoms with van der Waals surface area (Å²) in [4.78, 5) is 10.1. The summed E-state index contributed by atoms with van der Waals surface area (Å²) in [5.74, 6) is -0.156. The molecule has 1 aliphatic carbocycles. The molecule has 5 heteroatoms. The molecule has 0 aliphatic heterocycles. The summed E-state index contributed by atoms with van der Waals surface area (Å²) in [6.07, 6.45) is 4.79. The van der Waals surface area contributed by atoms with E-state index in [0.29, 0.717) is 5.92 Å². The molecule has 0 aromatic heterocycles. The number of benzene rings is 1. The molecule has 0 unspecified atom stereocenters. The molecule has 0 heterocycles. The lowest BCUT2D eigenvalue weighted by atomic mass is 9.68. The number of hydrogen-bond donors (Lipinski definition) is 0. The molecular weight excluding hydrogens is 271 g/mol. The number of halogens is 1. The fraction of sp³-hybridized carbons (Fsp3) is 0.562. The maximum Gasteiger partial charge on any atom is 0.305 e. The van der Waals surface area contributed by atoms with E-state index in [9.17, 15) is 19.8 Å². The van der Waals surface area contributed by atoms with Crippen LogP contribution in [0.5, 0.6) is 0 Å². The summed E-state index contributed by atoms with van der Waals surface area (Å²) in [5.41, 5.74) is -0.814. The Morgan fingerprint density at radius 2 is 2.14 bits per heavy atom. The van der Waals surface area contributed by atoms with Gasteiger partial charge in [-0.05, 0) is 43.6 Å². The summed E-state index contributed by atoms with van der Waals surface area (Å²) in [5, 5.41) is 20.3. The highest BCUT2D eigenvalue weighted by Gasteiger charge is 2.36. The van der Waals surface area contributed by atoms with Crippen molar-refractivity contribution < 1.29 is 9.31 Å². The molecule has 1 aromatic carbocycles. The van der Waals surface area contributed by atoms with Crippen molar-refractivity contribution in [2.75, 3.05) is 0 Å². The number of nitro groups is 1. The third-order valence-corrected chi connectivity index (χ3v) is 4.66. The molecule has 0 radical (unpaired) electrons. The molecule has 4 nitrogen and oxygen atoms in total. The highest BCUT2D eigenvalue weighted by molar-refractivity contribution is 5.37. The average Bonchev–Trinajstić information content (AvgIpc) is 2.50. The zero-order chi connectivity index (χ0) is 15.5. The van der Waals surface area contributed by atoms with Gasteiger partial charge in [0.25, 0.3) is 0 Å². The molecule has 0 atom stereocenters. The summed E-state index contributed by atoms with van der Waals surface area (Å²) in [6.45, 7) is 2.14. The Morgan fingerprint density at radius 1 is 1.48 bits per heavy atom. The Kier molecular flexibility index (Phi) is 4.56. The molecule has 112 valence electrons. The van der Waals surface area contributed by atoms with Crippen molar-refractivity contribution in [2.24, 2.45) is 11.3 Å². The van der Waals surface area contributed by atoms with E-state index in [-0.39, 0.29) is 12.0 Å². The number of nitrogens with zero attached hydrogens (tertiary/aromatic N) is 2. The third kappa shape index (κ3) is 3.21. The molecule has 21 heavy (non-hydrogen) atoms. The first-order valence-corrected chi connectivity index (χ1v) is 7.34. The monoisotopic (exact) mass is 290 g/mol. The second kappa shape index (κ2) is 6.21. The topological polar surface area (TPSA) is 66.9 Å². The number of nitro benzene ring substituents is 1. The summed E-state index contributed by atoms with van der Waals surface area (Å²) in [6, 6.07) is 6.54. The van der Waals surface area contributed by atoms with Gasteiger partial charge >= 0.3 is 5.69 Å². The molecule has 1 aromatic rings. The standard InChI is InChI=1S/C16H19FN2O2/c1-2-12-6-8-16(11-18,9-7-12)10-13-4-3-5-14(15(13)17)19(20)21/h3-5,12H,2,6-10H2,1H3. The minimum Gasteiger partial charge on any atom is -0.258 e. The van der Waals surface area contributed by atoms with Crippen LogP contribution in [-0.2, 0) is 6.42 Å². The molecule has 0 saturated heterocycles. The van der Waals surface area contributed by atoms with Crippen LogP contribution in [0, 0.1) is 38.6 Å². The Hall–Kier alpha value is -1.96. The highest BCUT2D eigenvalue weighted by Crippen LogP contribution is 2.42. The van der Waals surface area contributed by atoms with Crippen molar-refractivity contribution in [3.63, 3.8) is 0 Å². The van der Waals surface area contributed by atoms with Gasteiger partial charge in [-0.3, -0.25) is 10.1 Å². The van der Waals surface area contributed by atoms with Crippen LogP contribution >= 0.6 is 0 Å². The summed E-state index contributed by atoms with van der Waals surface area (Å²) >= 11 is 0. The number of hydrogen-bond acceptors (Lipinski definition) is 3. The van der Waals surface area contributed by atoms with Crippen LogP contribution in [-0.4, -0.2) is 4.92 Å². The fourth-order valence-corrected chi connectivity index (χ4v) is 3.17. The molecule has 1 fully saturated rings. The predicted octanol–water partition coefficient (Wildman–Crippen LogP) is 4.39. The molecule has 1 aliphatic rings. The van der Waals surface area contributed by atoms with Crippen LogP contribution in [0.3, 0.4) is 0 Å². The van der Waals surface area contributed by atoms with Crippen molar-refractivity contribution in [3.8, 4) is 6.07 Å². The molecule has 0 amide bonds. The molecule has 0 spiro atoms. The molecule has 1 saturated carbocycles. The van der Waals surface area contributed by atoms with Crippen LogP contribution in [0.15, 0.2) is 18.2 Å². The Bertz CT molecular complexity index is 572. The molecular formula is C16H19FN2O2. The van der Waals surface area contributed by atoms with E-state index in [4.69, 9.17) is 0 Å². The van der Waals surface area contributed by atoms with Crippen molar-refractivity contribution in [1.29, 1.82) is 5.26 Å². The van der Waals surface area contributed by atoms with E-state index >= 15 is 0 Å². The van der Waals surface area contributed by atoms with Crippen LogP contribution in [0.2, 0.25) is 0 Å². The lowest BCUT2D eigenvalue weighted by molar-refractivity contribution is -0.387. The van der Waals surface area contributed by atoms with Gasteiger partial charge in [-0.25, -0.2) is 0 Å². The quantitative estimate of drug-likeness (QED) is 0.610. The molecule has 2 rings (SSSR count). The van der Waals surface area contributed by atoms with Gasteiger partial charge in [-0.1, -0.05) is 25.5 Å². The number of nitriles is 1. The Balaban J connectivity index is 2.22. The maximum absolute atomic E-state index is 14.2. The lowest BCUT2D eigenvalue weighted by Gasteiger charge is -2.34. The minimum atomic E-state index is -0.797. The van der Waals surface area contributed by atoms with Crippen molar-refractivity contribution in [2.45, 2.75) is 45.4 Å². The largest absolute Gasteiger partial charge is 0.305 e. The van der Waals surface area contributed by atoms with E-state index in [2.05, 4.69) is 13.0 Å². The first-order valence-electron chi connectivity index (χ1n) is 7.34. The Morgan fingerprint density at radius 3 is 2.67 bits per heavy atom. The Labute approximate surface area is 123 Å². The molecule has 0 bridgehead atoms. The van der Waals surface area contributed by atoms with Crippen molar-refractivity contribution in [1.82, 2.24) is 0 Å². The van der Waals surface area contributed by atoms with Crippen molar-refractivity contribution in [3.05, 3.63) is 39.7 Å². The second-order valence-corrected chi connectivity index (χ2v) is 5.93. The van der Waals surface area contributed by atoms with Gasteiger partial charge < -0.3 is 0 Å². The van der Waals surface area contributed by atoms with E-state index in [1.165, 1.54) is 6.07 Å². The maximum atomic E-state index is 14.2. The second-order valence-electron chi connectivity index (χ2n) is 5.93. The van der Waals surface area contributed by atoms with Gasteiger partial charge in [0.1, 0.15) is 0 Å². The fourth-order valence-electron chi connectivity index (χ4n) is 3.17. The van der Waals surface area contributed by atoms with Crippen LogP contribution in [0.1, 0.15) is 44.6 Å².